The predicted molar refractivity (Wildman–Crippen MR) is 78.2 cm³/mol. The second-order valence-corrected chi connectivity index (χ2v) is 4.35. The Kier molecular flexibility index (Phi) is 4.50. The van der Waals surface area contributed by atoms with Gasteiger partial charge in [-0.1, -0.05) is 12.1 Å². The Labute approximate surface area is 121 Å². The number of ether oxygens (including phenoxy) is 1. The van der Waals surface area contributed by atoms with E-state index in [9.17, 15) is 14.9 Å². The van der Waals surface area contributed by atoms with Crippen LogP contribution in [0.15, 0.2) is 48.5 Å². The molecule has 0 saturated heterocycles. The number of rotatable bonds is 5. The summed E-state index contributed by atoms with van der Waals surface area (Å²) in [5, 5.41) is 13.7. The first kappa shape index (κ1) is 14.5. The molecule has 0 aliphatic rings. The number of nitrogens with zero attached hydrogens (tertiary/aromatic N) is 1. The number of methoxy groups -OCH3 is 1. The Morgan fingerprint density at radius 1 is 1.14 bits per heavy atom. The van der Waals surface area contributed by atoms with E-state index in [0.717, 1.165) is 11.3 Å². The van der Waals surface area contributed by atoms with Crippen LogP contribution in [-0.4, -0.2) is 18.0 Å². The summed E-state index contributed by atoms with van der Waals surface area (Å²) in [6.45, 7) is 0.537. The largest absolute Gasteiger partial charge is 0.465 e. The molecule has 1 N–H and O–H groups in total. The molecule has 0 aromatic heterocycles. The van der Waals surface area contributed by atoms with Crippen molar-refractivity contribution in [3.8, 4) is 0 Å². The van der Waals surface area contributed by atoms with Crippen molar-refractivity contribution < 1.29 is 14.5 Å². The van der Waals surface area contributed by atoms with E-state index in [1.165, 1.54) is 19.2 Å². The van der Waals surface area contributed by atoms with Gasteiger partial charge < -0.3 is 10.1 Å². The van der Waals surface area contributed by atoms with Crippen LogP contribution in [0.1, 0.15) is 15.9 Å². The van der Waals surface area contributed by atoms with Crippen LogP contribution >= 0.6 is 0 Å². The first-order valence-corrected chi connectivity index (χ1v) is 6.26. The first-order valence-electron chi connectivity index (χ1n) is 6.26. The molecule has 0 fully saturated rings. The normalized spacial score (nSPS) is 9.95. The molecule has 108 valence electrons. The molecule has 0 radical (unpaired) electrons. The van der Waals surface area contributed by atoms with Crippen molar-refractivity contribution in [2.75, 3.05) is 12.4 Å². The van der Waals surface area contributed by atoms with Crippen molar-refractivity contribution in [2.24, 2.45) is 0 Å². The highest BCUT2D eigenvalue weighted by Gasteiger charge is 2.05. The Balaban J connectivity index is 1.96. The van der Waals surface area contributed by atoms with Gasteiger partial charge in [-0.05, 0) is 29.8 Å². The van der Waals surface area contributed by atoms with Crippen molar-refractivity contribution in [3.63, 3.8) is 0 Å². The number of esters is 1. The minimum Gasteiger partial charge on any atom is -0.465 e. The summed E-state index contributed by atoms with van der Waals surface area (Å²) in [6, 6.07) is 13.2. The van der Waals surface area contributed by atoms with Crippen molar-refractivity contribution >= 4 is 17.3 Å². The fourth-order valence-corrected chi connectivity index (χ4v) is 1.78. The summed E-state index contributed by atoms with van der Waals surface area (Å²) in [5.74, 6) is -0.378. The van der Waals surface area contributed by atoms with Gasteiger partial charge >= 0.3 is 5.97 Å². The van der Waals surface area contributed by atoms with Crippen LogP contribution in [0.2, 0.25) is 0 Å². The van der Waals surface area contributed by atoms with Crippen molar-refractivity contribution in [1.29, 1.82) is 0 Å². The number of nitro benzene ring substituents is 1. The third kappa shape index (κ3) is 3.79. The van der Waals surface area contributed by atoms with Crippen LogP contribution in [0.5, 0.6) is 0 Å². The molecular weight excluding hydrogens is 272 g/mol. The molecular formula is C15H14N2O4. The van der Waals surface area contributed by atoms with Gasteiger partial charge in [0.1, 0.15) is 0 Å². The van der Waals surface area contributed by atoms with Crippen LogP contribution in [-0.2, 0) is 11.3 Å². The molecule has 0 unspecified atom stereocenters. The average molecular weight is 286 g/mol. The molecule has 6 nitrogen and oxygen atoms in total. The molecule has 0 aliphatic carbocycles. The second kappa shape index (κ2) is 6.51. The molecule has 6 heteroatoms. The highest BCUT2D eigenvalue weighted by atomic mass is 16.6. The van der Waals surface area contributed by atoms with Crippen LogP contribution in [0, 0.1) is 10.1 Å². The number of anilines is 1. The molecule has 0 bridgehead atoms. The number of hydrogen-bond acceptors (Lipinski definition) is 5. The number of hydrogen-bond donors (Lipinski definition) is 1. The highest BCUT2D eigenvalue weighted by Crippen LogP contribution is 2.15. The molecule has 0 atom stereocenters. The maximum absolute atomic E-state index is 11.3. The second-order valence-electron chi connectivity index (χ2n) is 4.35. The lowest BCUT2D eigenvalue weighted by Gasteiger charge is -2.07. The molecule has 0 amide bonds. The van der Waals surface area contributed by atoms with Gasteiger partial charge in [-0.2, -0.15) is 0 Å². The van der Waals surface area contributed by atoms with E-state index in [1.54, 1.807) is 36.4 Å². The molecule has 0 aliphatic heterocycles. The number of benzene rings is 2. The third-order valence-corrected chi connectivity index (χ3v) is 2.95. The number of nitro groups is 1. The summed E-state index contributed by atoms with van der Waals surface area (Å²) in [6.07, 6.45) is 0. The van der Waals surface area contributed by atoms with Gasteiger partial charge in [-0.3, -0.25) is 10.1 Å². The highest BCUT2D eigenvalue weighted by molar-refractivity contribution is 5.89. The smallest absolute Gasteiger partial charge is 0.337 e. The molecule has 0 spiro atoms. The summed E-state index contributed by atoms with van der Waals surface area (Å²) < 4.78 is 4.62. The van der Waals surface area contributed by atoms with E-state index < -0.39 is 4.92 Å². The molecule has 21 heavy (non-hydrogen) atoms. The van der Waals surface area contributed by atoms with Gasteiger partial charge in [0.15, 0.2) is 0 Å². The number of nitrogens with one attached hydrogen (secondary N) is 1. The topological polar surface area (TPSA) is 81.5 Å². The standard InChI is InChI=1S/C15H14N2O4/c1-21-15(18)12-4-6-13(7-5-12)16-10-11-2-8-14(9-3-11)17(19)20/h2-9,16H,10H2,1H3. The van der Waals surface area contributed by atoms with Crippen LogP contribution < -0.4 is 5.32 Å². The zero-order valence-corrected chi connectivity index (χ0v) is 11.4. The lowest BCUT2D eigenvalue weighted by molar-refractivity contribution is -0.384. The Hall–Kier alpha value is -2.89. The van der Waals surface area contributed by atoms with Gasteiger partial charge in [-0.15, -0.1) is 0 Å². The lowest BCUT2D eigenvalue weighted by atomic mass is 10.2. The SMILES string of the molecule is COC(=O)c1ccc(NCc2ccc([N+](=O)[O-])cc2)cc1. The summed E-state index contributed by atoms with van der Waals surface area (Å²) in [7, 11) is 1.34. The van der Waals surface area contributed by atoms with E-state index in [2.05, 4.69) is 10.1 Å². The minimum absolute atomic E-state index is 0.0705. The maximum Gasteiger partial charge on any atom is 0.337 e. The van der Waals surface area contributed by atoms with Crippen molar-refractivity contribution in [2.45, 2.75) is 6.54 Å². The van der Waals surface area contributed by atoms with E-state index in [4.69, 9.17) is 0 Å². The monoisotopic (exact) mass is 286 g/mol. The van der Waals surface area contributed by atoms with Gasteiger partial charge in [-0.25, -0.2) is 4.79 Å². The van der Waals surface area contributed by atoms with Gasteiger partial charge in [0.25, 0.3) is 5.69 Å². The Morgan fingerprint density at radius 2 is 1.76 bits per heavy atom. The molecule has 0 heterocycles. The van der Waals surface area contributed by atoms with Crippen LogP contribution in [0.25, 0.3) is 0 Å². The maximum atomic E-state index is 11.3. The van der Waals surface area contributed by atoms with E-state index in [-0.39, 0.29) is 11.7 Å². The van der Waals surface area contributed by atoms with Crippen LogP contribution in [0.3, 0.4) is 0 Å². The van der Waals surface area contributed by atoms with E-state index in [0.29, 0.717) is 12.1 Å². The van der Waals surface area contributed by atoms with Crippen molar-refractivity contribution in [3.05, 3.63) is 69.8 Å². The number of carbonyl (C=O) groups excluding carboxylic acids is 1. The molecule has 2 aromatic rings. The average Bonchev–Trinajstić information content (AvgIpc) is 2.53. The van der Waals surface area contributed by atoms with E-state index >= 15 is 0 Å². The number of carbonyl (C=O) groups is 1. The summed E-state index contributed by atoms with van der Waals surface area (Å²) in [4.78, 5) is 21.4. The van der Waals surface area contributed by atoms with Gasteiger partial charge in [0.2, 0.25) is 0 Å². The van der Waals surface area contributed by atoms with E-state index in [1.807, 2.05) is 0 Å². The predicted octanol–water partition coefficient (Wildman–Crippen LogP) is 2.99. The quantitative estimate of drug-likeness (QED) is 0.519. The molecule has 2 rings (SSSR count). The first-order chi connectivity index (χ1) is 10.1. The fraction of sp³-hybridized carbons (Fsp3) is 0.133. The molecule has 0 saturated carbocycles. The van der Waals surface area contributed by atoms with Gasteiger partial charge in [0, 0.05) is 24.4 Å². The van der Waals surface area contributed by atoms with Gasteiger partial charge in [0.05, 0.1) is 17.6 Å². The zero-order valence-electron chi connectivity index (χ0n) is 11.4. The third-order valence-electron chi connectivity index (χ3n) is 2.95. The minimum atomic E-state index is -0.428. The van der Waals surface area contributed by atoms with Crippen LogP contribution in [0.4, 0.5) is 11.4 Å². The van der Waals surface area contributed by atoms with Crippen molar-refractivity contribution in [1.82, 2.24) is 0 Å². The lowest BCUT2D eigenvalue weighted by Crippen LogP contribution is -2.02. The number of non-ortho nitro benzene ring substituents is 1. The molecule has 2 aromatic carbocycles. The zero-order chi connectivity index (χ0) is 15.2. The Morgan fingerprint density at radius 3 is 2.29 bits per heavy atom. The fourth-order valence-electron chi connectivity index (χ4n) is 1.78. The summed E-state index contributed by atoms with van der Waals surface area (Å²) in [5.41, 5.74) is 2.33. The Bertz CT molecular complexity index is 636. The summed E-state index contributed by atoms with van der Waals surface area (Å²) >= 11 is 0.